The summed E-state index contributed by atoms with van der Waals surface area (Å²) in [6.45, 7) is 2.98. The molecule has 0 spiro atoms. The summed E-state index contributed by atoms with van der Waals surface area (Å²) in [4.78, 5) is 26.4. The summed E-state index contributed by atoms with van der Waals surface area (Å²) in [5, 5.41) is 2.72. The molecule has 1 aliphatic rings. The van der Waals surface area contributed by atoms with Crippen LogP contribution >= 0.6 is 0 Å². The van der Waals surface area contributed by atoms with Crippen molar-refractivity contribution in [2.75, 3.05) is 19.6 Å². The van der Waals surface area contributed by atoms with Crippen LogP contribution in [0.1, 0.15) is 17.5 Å². The molecule has 7 nitrogen and oxygen atoms in total. The maximum absolute atomic E-state index is 12.4. The van der Waals surface area contributed by atoms with E-state index in [9.17, 15) is 18.0 Å². The van der Waals surface area contributed by atoms with Gasteiger partial charge in [0.2, 0.25) is 21.8 Å². The lowest BCUT2D eigenvalue weighted by Crippen LogP contribution is -2.38. The summed E-state index contributed by atoms with van der Waals surface area (Å²) in [6.07, 6.45) is 0.174. The Kier molecular flexibility index (Phi) is 6.66. The second-order valence-corrected chi connectivity index (χ2v) is 8.93. The molecule has 0 aromatic heterocycles. The summed E-state index contributed by atoms with van der Waals surface area (Å²) in [5.41, 5.74) is 2.00. The average molecular weight is 416 g/mol. The molecule has 2 amide bonds. The van der Waals surface area contributed by atoms with Crippen LogP contribution in [0.4, 0.5) is 0 Å². The van der Waals surface area contributed by atoms with E-state index in [1.807, 2.05) is 37.3 Å². The zero-order chi connectivity index (χ0) is 20.9. The third-order valence-corrected chi connectivity index (χ3v) is 6.33. The van der Waals surface area contributed by atoms with Crippen molar-refractivity contribution in [3.63, 3.8) is 0 Å². The number of hydrogen-bond donors (Lipinski definition) is 2. The molecule has 3 rings (SSSR count). The van der Waals surface area contributed by atoms with Crippen LogP contribution in [0.2, 0.25) is 0 Å². The smallest absolute Gasteiger partial charge is 0.240 e. The highest BCUT2D eigenvalue weighted by atomic mass is 32.2. The van der Waals surface area contributed by atoms with E-state index in [0.29, 0.717) is 13.1 Å². The normalized spacial score (nSPS) is 16.8. The highest BCUT2D eigenvalue weighted by Crippen LogP contribution is 2.20. The van der Waals surface area contributed by atoms with E-state index >= 15 is 0 Å². The van der Waals surface area contributed by atoms with E-state index in [1.165, 1.54) is 0 Å². The Morgan fingerprint density at radius 2 is 1.76 bits per heavy atom. The van der Waals surface area contributed by atoms with Crippen LogP contribution in [0.3, 0.4) is 0 Å². The number of nitrogens with one attached hydrogen (secondary N) is 2. The van der Waals surface area contributed by atoms with Gasteiger partial charge in [0.1, 0.15) is 0 Å². The predicted molar refractivity (Wildman–Crippen MR) is 109 cm³/mol. The monoisotopic (exact) mass is 415 g/mol. The first-order chi connectivity index (χ1) is 13.8. The van der Waals surface area contributed by atoms with Crippen molar-refractivity contribution >= 4 is 21.8 Å². The van der Waals surface area contributed by atoms with Gasteiger partial charge < -0.3 is 10.2 Å². The van der Waals surface area contributed by atoms with Crippen molar-refractivity contribution in [2.45, 2.75) is 24.8 Å². The largest absolute Gasteiger partial charge is 0.354 e. The number of sulfonamides is 1. The van der Waals surface area contributed by atoms with Crippen LogP contribution in [0.15, 0.2) is 59.5 Å². The van der Waals surface area contributed by atoms with Gasteiger partial charge in [-0.3, -0.25) is 9.59 Å². The van der Waals surface area contributed by atoms with Crippen LogP contribution in [-0.2, 0) is 26.2 Å². The average Bonchev–Trinajstić information content (AvgIpc) is 3.07. The van der Waals surface area contributed by atoms with E-state index in [-0.39, 0.29) is 36.2 Å². The molecule has 29 heavy (non-hydrogen) atoms. The van der Waals surface area contributed by atoms with E-state index in [1.54, 1.807) is 29.2 Å². The SMILES string of the molecule is Cc1ccc(S(=O)(=O)NCCNC(=O)C2CC(=O)N(Cc3ccccc3)C2)cc1. The Hall–Kier alpha value is -2.71. The molecule has 154 valence electrons. The van der Waals surface area contributed by atoms with Crippen molar-refractivity contribution < 1.29 is 18.0 Å². The lowest BCUT2D eigenvalue weighted by Gasteiger charge is -2.16. The summed E-state index contributed by atoms with van der Waals surface area (Å²) in [6, 6.07) is 16.2. The third-order valence-electron chi connectivity index (χ3n) is 4.85. The van der Waals surface area contributed by atoms with Crippen molar-refractivity contribution in [3.8, 4) is 0 Å². The predicted octanol–water partition coefficient (Wildman–Crippen LogP) is 1.44. The van der Waals surface area contributed by atoms with Gasteiger partial charge >= 0.3 is 0 Å². The Bertz CT molecular complexity index is 959. The second-order valence-electron chi connectivity index (χ2n) is 7.16. The highest BCUT2D eigenvalue weighted by molar-refractivity contribution is 7.89. The van der Waals surface area contributed by atoms with E-state index < -0.39 is 15.9 Å². The van der Waals surface area contributed by atoms with Crippen molar-refractivity contribution in [3.05, 3.63) is 65.7 Å². The van der Waals surface area contributed by atoms with Gasteiger partial charge in [-0.25, -0.2) is 13.1 Å². The Morgan fingerprint density at radius 3 is 2.45 bits per heavy atom. The molecule has 1 atom stereocenters. The van der Waals surface area contributed by atoms with Crippen molar-refractivity contribution in [1.29, 1.82) is 0 Å². The van der Waals surface area contributed by atoms with Crippen molar-refractivity contribution in [1.82, 2.24) is 14.9 Å². The second kappa shape index (κ2) is 9.19. The van der Waals surface area contributed by atoms with Crippen LogP contribution < -0.4 is 10.0 Å². The van der Waals surface area contributed by atoms with Gasteiger partial charge in [-0.05, 0) is 24.6 Å². The first-order valence-corrected chi connectivity index (χ1v) is 11.0. The van der Waals surface area contributed by atoms with Gasteiger partial charge in [-0.15, -0.1) is 0 Å². The minimum absolute atomic E-state index is 0.0472. The molecule has 0 saturated carbocycles. The number of rotatable bonds is 8. The third kappa shape index (κ3) is 5.65. The minimum atomic E-state index is -3.61. The topological polar surface area (TPSA) is 95.6 Å². The maximum Gasteiger partial charge on any atom is 0.240 e. The van der Waals surface area contributed by atoms with Gasteiger partial charge in [-0.2, -0.15) is 0 Å². The maximum atomic E-state index is 12.4. The quantitative estimate of drug-likeness (QED) is 0.638. The van der Waals surface area contributed by atoms with Crippen LogP contribution in [0.5, 0.6) is 0 Å². The molecule has 2 aromatic carbocycles. The molecule has 0 aliphatic carbocycles. The Morgan fingerprint density at radius 1 is 1.07 bits per heavy atom. The summed E-state index contributed by atoms with van der Waals surface area (Å²) in [5.74, 6) is -0.697. The zero-order valence-corrected chi connectivity index (χ0v) is 17.1. The molecule has 0 bridgehead atoms. The molecule has 0 radical (unpaired) electrons. The first kappa shape index (κ1) is 21.0. The summed E-state index contributed by atoms with van der Waals surface area (Å²) >= 11 is 0. The van der Waals surface area contributed by atoms with Gasteiger partial charge in [0, 0.05) is 32.6 Å². The number of amides is 2. The molecular formula is C21H25N3O4S. The van der Waals surface area contributed by atoms with Crippen molar-refractivity contribution in [2.24, 2.45) is 5.92 Å². The number of hydrogen-bond acceptors (Lipinski definition) is 4. The Balaban J connectivity index is 1.44. The van der Waals surface area contributed by atoms with E-state index in [2.05, 4.69) is 10.0 Å². The molecule has 1 aliphatic heterocycles. The molecular weight excluding hydrogens is 390 g/mol. The van der Waals surface area contributed by atoms with Crippen LogP contribution in [0, 0.1) is 12.8 Å². The van der Waals surface area contributed by atoms with Gasteiger partial charge in [0.25, 0.3) is 0 Å². The lowest BCUT2D eigenvalue weighted by molar-refractivity contribution is -0.129. The molecule has 2 N–H and O–H groups in total. The molecule has 1 heterocycles. The molecule has 8 heteroatoms. The lowest BCUT2D eigenvalue weighted by atomic mass is 10.1. The van der Waals surface area contributed by atoms with Crippen LogP contribution in [0.25, 0.3) is 0 Å². The number of aryl methyl sites for hydroxylation is 1. The Labute approximate surface area is 171 Å². The minimum Gasteiger partial charge on any atom is -0.354 e. The highest BCUT2D eigenvalue weighted by Gasteiger charge is 2.34. The van der Waals surface area contributed by atoms with E-state index in [4.69, 9.17) is 0 Å². The number of carbonyl (C=O) groups is 2. The molecule has 1 fully saturated rings. The molecule has 1 unspecified atom stereocenters. The standard InChI is InChI=1S/C21H25N3O4S/c1-16-7-9-19(10-8-16)29(27,28)23-12-11-22-21(26)18-13-20(25)24(15-18)14-17-5-3-2-4-6-17/h2-10,18,23H,11-15H2,1H3,(H,22,26). The number of nitrogens with zero attached hydrogens (tertiary/aromatic N) is 1. The van der Waals surface area contributed by atoms with E-state index in [0.717, 1.165) is 11.1 Å². The summed E-state index contributed by atoms with van der Waals surface area (Å²) in [7, 11) is -3.61. The fourth-order valence-electron chi connectivity index (χ4n) is 3.22. The number of benzene rings is 2. The number of likely N-dealkylation sites (tertiary alicyclic amines) is 1. The zero-order valence-electron chi connectivity index (χ0n) is 16.3. The fourth-order valence-corrected chi connectivity index (χ4v) is 4.25. The first-order valence-electron chi connectivity index (χ1n) is 9.51. The molecule has 2 aromatic rings. The number of carbonyl (C=O) groups excluding carboxylic acids is 2. The van der Waals surface area contributed by atoms with Gasteiger partial charge in [0.05, 0.1) is 10.8 Å². The fraction of sp³-hybridized carbons (Fsp3) is 0.333. The summed E-state index contributed by atoms with van der Waals surface area (Å²) < 4.78 is 26.9. The van der Waals surface area contributed by atoms with Gasteiger partial charge in [0.15, 0.2) is 0 Å². The molecule has 1 saturated heterocycles. The van der Waals surface area contributed by atoms with Gasteiger partial charge in [-0.1, -0.05) is 48.0 Å². The van der Waals surface area contributed by atoms with Crippen LogP contribution in [-0.4, -0.2) is 44.8 Å².